The van der Waals surface area contributed by atoms with Crippen LogP contribution in [0.2, 0.25) is 0 Å². The van der Waals surface area contributed by atoms with E-state index in [1.165, 1.54) is 11.3 Å². The summed E-state index contributed by atoms with van der Waals surface area (Å²) in [6.07, 6.45) is -0.632. The molecule has 1 N–H and O–H groups in total. The fraction of sp³-hybridized carbons (Fsp3) is 0.444. The zero-order chi connectivity index (χ0) is 18.6. The van der Waals surface area contributed by atoms with Crippen LogP contribution < -0.4 is 10.2 Å². The maximum Gasteiger partial charge on any atom is 0.416 e. The number of nitrogens with zero attached hydrogens (tertiary/aromatic N) is 3. The summed E-state index contributed by atoms with van der Waals surface area (Å²) in [6.45, 7) is 2.51. The molecule has 5 nitrogen and oxygen atoms in total. The summed E-state index contributed by atoms with van der Waals surface area (Å²) in [5.74, 6) is 0.503. The molecule has 5 heterocycles. The molecular formula is C18H17F3N4OS. The maximum atomic E-state index is 13.4. The fourth-order valence-electron chi connectivity index (χ4n) is 3.93. The van der Waals surface area contributed by atoms with E-state index in [9.17, 15) is 13.2 Å². The van der Waals surface area contributed by atoms with E-state index in [1.807, 2.05) is 0 Å². The van der Waals surface area contributed by atoms with Crippen LogP contribution in [0.3, 0.4) is 0 Å². The number of oxazole rings is 1. The summed E-state index contributed by atoms with van der Waals surface area (Å²) in [6, 6.07) is 2.92. The number of halogens is 3. The quantitative estimate of drug-likeness (QED) is 0.707. The number of hydrogen-bond acceptors (Lipinski definition) is 6. The largest absolute Gasteiger partial charge is 0.423 e. The lowest BCUT2D eigenvalue weighted by atomic mass is 9.97. The molecule has 1 aromatic carbocycles. The van der Waals surface area contributed by atoms with Gasteiger partial charge in [0.15, 0.2) is 5.58 Å². The van der Waals surface area contributed by atoms with E-state index in [1.54, 1.807) is 11.6 Å². The molecular weight excluding hydrogens is 377 g/mol. The van der Waals surface area contributed by atoms with Crippen LogP contribution in [0.25, 0.3) is 21.7 Å². The number of alkyl halides is 3. The number of aromatic nitrogens is 2. The summed E-state index contributed by atoms with van der Waals surface area (Å²) in [7, 11) is 0. The number of thiazole rings is 1. The van der Waals surface area contributed by atoms with Crippen molar-refractivity contribution in [2.24, 2.45) is 5.92 Å². The summed E-state index contributed by atoms with van der Waals surface area (Å²) in [5, 5.41) is 5.73. The van der Waals surface area contributed by atoms with Gasteiger partial charge in [-0.25, -0.2) is 4.98 Å². The predicted molar refractivity (Wildman–Crippen MR) is 96.8 cm³/mol. The third-order valence-electron chi connectivity index (χ3n) is 5.28. The van der Waals surface area contributed by atoms with Crippen molar-refractivity contribution in [3.05, 3.63) is 29.3 Å². The molecule has 3 aliphatic rings. The van der Waals surface area contributed by atoms with Gasteiger partial charge >= 0.3 is 6.18 Å². The highest BCUT2D eigenvalue weighted by Gasteiger charge is 2.34. The SMILES string of the molecule is FC(F)(F)c1cc(-c2nccs2)c2oc(N3CC4CCC(C3)NC4)nc2c1. The van der Waals surface area contributed by atoms with Crippen molar-refractivity contribution in [2.45, 2.75) is 25.1 Å². The van der Waals surface area contributed by atoms with Crippen LogP contribution in [0.1, 0.15) is 18.4 Å². The topological polar surface area (TPSA) is 54.2 Å². The molecule has 3 aliphatic heterocycles. The third-order valence-corrected chi connectivity index (χ3v) is 6.08. The first kappa shape index (κ1) is 17.0. The van der Waals surface area contributed by atoms with Gasteiger partial charge in [0.2, 0.25) is 0 Å². The number of piperidine rings is 1. The summed E-state index contributed by atoms with van der Waals surface area (Å²) in [5.41, 5.74) is 0.175. The van der Waals surface area contributed by atoms with Crippen LogP contribution in [0.15, 0.2) is 28.1 Å². The van der Waals surface area contributed by atoms with E-state index in [4.69, 9.17) is 4.42 Å². The Balaban J connectivity index is 1.63. The Kier molecular flexibility index (Phi) is 3.90. The van der Waals surface area contributed by atoms with Crippen LogP contribution in [0.5, 0.6) is 0 Å². The van der Waals surface area contributed by atoms with E-state index in [2.05, 4.69) is 20.2 Å². The minimum Gasteiger partial charge on any atom is -0.423 e. The average Bonchev–Trinajstić information content (AvgIpc) is 3.22. The molecule has 3 saturated heterocycles. The lowest BCUT2D eigenvalue weighted by Gasteiger charge is -2.22. The lowest BCUT2D eigenvalue weighted by Crippen LogP contribution is -2.39. The lowest BCUT2D eigenvalue weighted by molar-refractivity contribution is -0.137. The van der Waals surface area contributed by atoms with Gasteiger partial charge in [0.1, 0.15) is 10.5 Å². The maximum absolute atomic E-state index is 13.4. The number of hydrogen-bond donors (Lipinski definition) is 1. The highest BCUT2D eigenvalue weighted by Crippen LogP contribution is 2.39. The van der Waals surface area contributed by atoms with Gasteiger partial charge in [-0.2, -0.15) is 18.2 Å². The van der Waals surface area contributed by atoms with Gasteiger partial charge in [0, 0.05) is 30.7 Å². The number of benzene rings is 1. The number of fused-ring (bicyclic) bond motifs is 5. The van der Waals surface area contributed by atoms with Gasteiger partial charge in [-0.05, 0) is 37.4 Å². The van der Waals surface area contributed by atoms with E-state index < -0.39 is 11.7 Å². The summed E-state index contributed by atoms with van der Waals surface area (Å²) < 4.78 is 46.1. The average molecular weight is 394 g/mol. The molecule has 0 saturated carbocycles. The highest BCUT2D eigenvalue weighted by molar-refractivity contribution is 7.13. The van der Waals surface area contributed by atoms with Crippen molar-refractivity contribution < 1.29 is 17.6 Å². The minimum absolute atomic E-state index is 0.217. The van der Waals surface area contributed by atoms with Crippen molar-refractivity contribution in [1.29, 1.82) is 0 Å². The first-order valence-electron chi connectivity index (χ1n) is 8.87. The Bertz CT molecular complexity index is 947. The normalized spacial score (nSPS) is 23.1. The molecule has 6 rings (SSSR count). The number of rotatable bonds is 2. The Morgan fingerprint density at radius 3 is 2.81 bits per heavy atom. The highest BCUT2D eigenvalue weighted by atomic mass is 32.1. The first-order chi connectivity index (χ1) is 13.0. The standard InChI is InChI=1S/C18H17F3N4OS/c19-18(20,21)11-5-13(16-22-3-4-27-16)15-14(6-11)24-17(26-15)25-8-10-1-2-12(9-25)23-7-10/h3-6,10,12,23H,1-2,7-9H2. The van der Waals surface area contributed by atoms with Crippen LogP contribution in [0.4, 0.5) is 19.2 Å². The van der Waals surface area contributed by atoms with Crippen molar-refractivity contribution in [2.75, 3.05) is 24.5 Å². The predicted octanol–water partition coefficient (Wildman–Crippen LogP) is 4.16. The molecule has 2 unspecified atom stereocenters. The summed E-state index contributed by atoms with van der Waals surface area (Å²) in [4.78, 5) is 10.7. The molecule has 0 amide bonds. The molecule has 2 aromatic heterocycles. The van der Waals surface area contributed by atoms with E-state index in [0.29, 0.717) is 34.1 Å². The molecule has 142 valence electrons. The van der Waals surface area contributed by atoms with Gasteiger partial charge < -0.3 is 14.6 Å². The Labute approximate surface area is 157 Å². The van der Waals surface area contributed by atoms with Gasteiger partial charge in [-0.3, -0.25) is 0 Å². The number of nitrogens with one attached hydrogen (secondary N) is 1. The van der Waals surface area contributed by atoms with Gasteiger partial charge in [0.25, 0.3) is 6.01 Å². The van der Waals surface area contributed by atoms with E-state index >= 15 is 0 Å². The molecule has 0 spiro atoms. The van der Waals surface area contributed by atoms with E-state index in [0.717, 1.165) is 44.6 Å². The Morgan fingerprint density at radius 2 is 2.11 bits per heavy atom. The smallest absolute Gasteiger partial charge is 0.416 e. The van der Waals surface area contributed by atoms with Crippen LogP contribution in [0, 0.1) is 5.92 Å². The molecule has 2 atom stereocenters. The van der Waals surface area contributed by atoms with Crippen molar-refractivity contribution in [3.63, 3.8) is 0 Å². The minimum atomic E-state index is -4.45. The molecule has 9 heteroatoms. The Morgan fingerprint density at radius 1 is 1.22 bits per heavy atom. The van der Waals surface area contributed by atoms with Crippen LogP contribution >= 0.6 is 11.3 Å². The third kappa shape index (κ3) is 3.08. The second-order valence-electron chi connectivity index (χ2n) is 7.16. The summed E-state index contributed by atoms with van der Waals surface area (Å²) >= 11 is 1.28. The first-order valence-corrected chi connectivity index (χ1v) is 9.75. The molecule has 3 aromatic rings. The zero-order valence-corrected chi connectivity index (χ0v) is 15.1. The van der Waals surface area contributed by atoms with Gasteiger partial charge in [-0.1, -0.05) is 0 Å². The fourth-order valence-corrected chi connectivity index (χ4v) is 4.58. The zero-order valence-electron chi connectivity index (χ0n) is 14.3. The Hall–Kier alpha value is -2.13. The van der Waals surface area contributed by atoms with Gasteiger partial charge in [0.05, 0.1) is 11.1 Å². The molecule has 2 bridgehead atoms. The second kappa shape index (κ2) is 6.20. The van der Waals surface area contributed by atoms with Crippen LogP contribution in [-0.4, -0.2) is 35.6 Å². The van der Waals surface area contributed by atoms with Crippen molar-refractivity contribution in [3.8, 4) is 10.6 Å². The molecule has 0 aliphatic carbocycles. The molecule has 3 fully saturated rings. The second-order valence-corrected chi connectivity index (χ2v) is 8.05. The monoisotopic (exact) mass is 394 g/mol. The number of anilines is 1. The van der Waals surface area contributed by atoms with Crippen LogP contribution in [-0.2, 0) is 6.18 Å². The van der Waals surface area contributed by atoms with Crippen molar-refractivity contribution >= 4 is 28.5 Å². The van der Waals surface area contributed by atoms with Gasteiger partial charge in [-0.15, -0.1) is 11.3 Å². The van der Waals surface area contributed by atoms with E-state index in [-0.39, 0.29) is 5.52 Å². The van der Waals surface area contributed by atoms with Crippen molar-refractivity contribution in [1.82, 2.24) is 15.3 Å². The molecule has 27 heavy (non-hydrogen) atoms. The molecule has 0 radical (unpaired) electrons.